The molecule has 0 aliphatic heterocycles. The highest BCUT2D eigenvalue weighted by atomic mass is 16.1. The molecule has 1 heterocycles. The summed E-state index contributed by atoms with van der Waals surface area (Å²) >= 11 is 0. The van der Waals surface area contributed by atoms with Gasteiger partial charge in [0.25, 0.3) is 0 Å². The predicted molar refractivity (Wildman–Crippen MR) is 69.6 cm³/mol. The first-order valence-electron chi connectivity index (χ1n) is 6.42. The number of benzene rings is 1. The van der Waals surface area contributed by atoms with E-state index in [2.05, 4.69) is 17.2 Å². The van der Waals surface area contributed by atoms with Gasteiger partial charge in [0.2, 0.25) is 0 Å². The maximum Gasteiger partial charge on any atom is 0.184 e. The smallest absolute Gasteiger partial charge is 0.184 e. The molecular formula is C15H16N2O. The number of hydrogen-bond donors (Lipinski definition) is 0. The van der Waals surface area contributed by atoms with Gasteiger partial charge in [-0.1, -0.05) is 24.3 Å². The van der Waals surface area contributed by atoms with Gasteiger partial charge in [0.15, 0.2) is 5.78 Å². The number of nitrogens with zero attached hydrogens (tertiary/aromatic N) is 2. The molecular weight excluding hydrogens is 224 g/mol. The minimum absolute atomic E-state index is 0.0874. The fraction of sp³-hybridized carbons (Fsp3) is 0.333. The van der Waals surface area contributed by atoms with Crippen molar-refractivity contribution >= 4 is 5.78 Å². The fourth-order valence-corrected chi connectivity index (χ4v) is 2.75. The maximum atomic E-state index is 12.5. The highest BCUT2D eigenvalue weighted by molar-refractivity contribution is 5.97. The lowest BCUT2D eigenvalue weighted by atomic mass is 9.98. The second-order valence-electron chi connectivity index (χ2n) is 4.77. The fourth-order valence-electron chi connectivity index (χ4n) is 2.75. The van der Waals surface area contributed by atoms with Crippen LogP contribution in [0.5, 0.6) is 0 Å². The van der Waals surface area contributed by atoms with E-state index in [1.807, 2.05) is 25.1 Å². The second kappa shape index (κ2) is 4.41. The molecule has 3 rings (SSSR count). The van der Waals surface area contributed by atoms with Crippen LogP contribution in [0.1, 0.15) is 28.5 Å². The van der Waals surface area contributed by atoms with E-state index in [1.54, 1.807) is 10.9 Å². The molecule has 1 aliphatic rings. The van der Waals surface area contributed by atoms with E-state index in [0.29, 0.717) is 0 Å². The van der Waals surface area contributed by atoms with Crippen LogP contribution in [0.4, 0.5) is 0 Å². The Morgan fingerprint density at radius 2 is 1.94 bits per heavy atom. The monoisotopic (exact) mass is 240 g/mol. The third-order valence-corrected chi connectivity index (χ3v) is 3.69. The quantitative estimate of drug-likeness (QED) is 0.773. The van der Waals surface area contributed by atoms with Gasteiger partial charge in [-0.3, -0.25) is 9.48 Å². The Balaban J connectivity index is 1.85. The summed E-state index contributed by atoms with van der Waals surface area (Å²) in [4.78, 5) is 12.5. The molecule has 1 aromatic heterocycles. The average molecular weight is 240 g/mol. The third-order valence-electron chi connectivity index (χ3n) is 3.69. The van der Waals surface area contributed by atoms with E-state index in [9.17, 15) is 4.79 Å². The van der Waals surface area contributed by atoms with Crippen LogP contribution in [-0.2, 0) is 19.4 Å². The lowest BCUT2D eigenvalue weighted by Gasteiger charge is -2.09. The van der Waals surface area contributed by atoms with Crippen LogP contribution in [0.2, 0.25) is 0 Å². The Bertz CT molecular complexity index is 561. The zero-order valence-corrected chi connectivity index (χ0v) is 10.5. The average Bonchev–Trinajstić information content (AvgIpc) is 3.03. The molecule has 18 heavy (non-hydrogen) atoms. The molecule has 0 saturated carbocycles. The van der Waals surface area contributed by atoms with Gasteiger partial charge in [-0.15, -0.1) is 0 Å². The Morgan fingerprint density at radius 3 is 2.56 bits per heavy atom. The van der Waals surface area contributed by atoms with Crippen molar-refractivity contribution in [3.05, 3.63) is 53.3 Å². The minimum atomic E-state index is 0.0874. The van der Waals surface area contributed by atoms with Crippen molar-refractivity contribution in [2.75, 3.05) is 0 Å². The summed E-state index contributed by atoms with van der Waals surface area (Å²) in [7, 11) is 0. The lowest BCUT2D eigenvalue weighted by Crippen LogP contribution is -2.19. The molecule has 0 atom stereocenters. The largest absolute Gasteiger partial charge is 0.292 e. The number of rotatable bonds is 3. The summed E-state index contributed by atoms with van der Waals surface area (Å²) in [6.45, 7) is 2.75. The van der Waals surface area contributed by atoms with Crippen molar-refractivity contribution in [3.63, 3.8) is 0 Å². The molecule has 0 spiro atoms. The SMILES string of the molecule is CCn1nccc1C(=O)C1Cc2ccccc2C1. The van der Waals surface area contributed by atoms with E-state index < -0.39 is 0 Å². The van der Waals surface area contributed by atoms with Crippen LogP contribution >= 0.6 is 0 Å². The summed E-state index contributed by atoms with van der Waals surface area (Å²) in [5.74, 6) is 0.315. The number of carbonyl (C=O) groups excluding carboxylic acids is 1. The number of Topliss-reactive ketones (excluding diaryl/α,β-unsaturated/α-hetero) is 1. The van der Waals surface area contributed by atoms with Crippen molar-refractivity contribution in [1.82, 2.24) is 9.78 Å². The van der Waals surface area contributed by atoms with Gasteiger partial charge >= 0.3 is 0 Å². The summed E-state index contributed by atoms with van der Waals surface area (Å²) in [6.07, 6.45) is 3.44. The summed E-state index contributed by atoms with van der Waals surface area (Å²) in [5, 5.41) is 4.17. The maximum absolute atomic E-state index is 12.5. The Kier molecular flexibility index (Phi) is 2.74. The molecule has 1 aromatic carbocycles. The molecule has 1 aliphatic carbocycles. The second-order valence-corrected chi connectivity index (χ2v) is 4.77. The van der Waals surface area contributed by atoms with E-state index >= 15 is 0 Å². The summed E-state index contributed by atoms with van der Waals surface area (Å²) in [6, 6.07) is 10.2. The highest BCUT2D eigenvalue weighted by Crippen LogP contribution is 2.28. The Morgan fingerprint density at radius 1 is 1.28 bits per heavy atom. The summed E-state index contributed by atoms with van der Waals surface area (Å²) in [5.41, 5.74) is 3.38. The number of ketones is 1. The van der Waals surface area contributed by atoms with Crippen LogP contribution in [0, 0.1) is 5.92 Å². The third kappa shape index (κ3) is 1.76. The van der Waals surface area contributed by atoms with E-state index in [1.165, 1.54) is 11.1 Å². The molecule has 2 aromatic rings. The number of fused-ring (bicyclic) bond motifs is 1. The van der Waals surface area contributed by atoms with Crippen molar-refractivity contribution in [2.24, 2.45) is 5.92 Å². The van der Waals surface area contributed by atoms with Crippen molar-refractivity contribution in [2.45, 2.75) is 26.3 Å². The van der Waals surface area contributed by atoms with Crippen molar-refractivity contribution in [3.8, 4) is 0 Å². The number of hydrogen-bond acceptors (Lipinski definition) is 2. The first-order valence-corrected chi connectivity index (χ1v) is 6.42. The van der Waals surface area contributed by atoms with Crippen molar-refractivity contribution in [1.29, 1.82) is 0 Å². The Labute approximate surface area is 106 Å². The molecule has 3 nitrogen and oxygen atoms in total. The van der Waals surface area contributed by atoms with E-state index in [-0.39, 0.29) is 11.7 Å². The number of aromatic nitrogens is 2. The molecule has 0 N–H and O–H groups in total. The summed E-state index contributed by atoms with van der Waals surface area (Å²) < 4.78 is 1.78. The number of carbonyl (C=O) groups is 1. The zero-order chi connectivity index (χ0) is 12.5. The standard InChI is InChI=1S/C15H16N2O/c1-2-17-14(7-8-16-17)15(18)13-9-11-5-3-4-6-12(11)10-13/h3-8,13H,2,9-10H2,1H3. The molecule has 0 radical (unpaired) electrons. The molecule has 0 saturated heterocycles. The van der Waals surface area contributed by atoms with Crippen LogP contribution in [0.3, 0.4) is 0 Å². The highest BCUT2D eigenvalue weighted by Gasteiger charge is 2.29. The van der Waals surface area contributed by atoms with E-state index in [4.69, 9.17) is 0 Å². The van der Waals surface area contributed by atoms with Gasteiger partial charge in [-0.05, 0) is 37.0 Å². The van der Waals surface area contributed by atoms with Gasteiger partial charge < -0.3 is 0 Å². The van der Waals surface area contributed by atoms with Gasteiger partial charge in [-0.25, -0.2) is 0 Å². The zero-order valence-electron chi connectivity index (χ0n) is 10.5. The van der Waals surface area contributed by atoms with Crippen LogP contribution in [0.15, 0.2) is 36.5 Å². The van der Waals surface area contributed by atoms with Crippen LogP contribution in [0.25, 0.3) is 0 Å². The Hall–Kier alpha value is -1.90. The van der Waals surface area contributed by atoms with Crippen LogP contribution < -0.4 is 0 Å². The van der Waals surface area contributed by atoms with Gasteiger partial charge in [-0.2, -0.15) is 5.10 Å². The van der Waals surface area contributed by atoms with Gasteiger partial charge in [0, 0.05) is 18.7 Å². The van der Waals surface area contributed by atoms with Gasteiger partial charge in [0.1, 0.15) is 5.69 Å². The normalized spacial score (nSPS) is 14.7. The topological polar surface area (TPSA) is 34.9 Å². The lowest BCUT2D eigenvalue weighted by molar-refractivity contribution is 0.0914. The van der Waals surface area contributed by atoms with Gasteiger partial charge in [0.05, 0.1) is 0 Å². The predicted octanol–water partition coefficient (Wildman–Crippen LogP) is 2.50. The van der Waals surface area contributed by atoms with E-state index in [0.717, 1.165) is 25.1 Å². The molecule has 0 bridgehead atoms. The first-order chi connectivity index (χ1) is 8.79. The molecule has 0 amide bonds. The molecule has 92 valence electrons. The number of aryl methyl sites for hydroxylation is 1. The van der Waals surface area contributed by atoms with Crippen molar-refractivity contribution < 1.29 is 4.79 Å². The molecule has 0 unspecified atom stereocenters. The van der Waals surface area contributed by atoms with Crippen LogP contribution in [-0.4, -0.2) is 15.6 Å². The molecule has 3 heteroatoms. The first kappa shape index (κ1) is 11.2. The minimum Gasteiger partial charge on any atom is -0.292 e. The molecule has 0 fully saturated rings.